The van der Waals surface area contributed by atoms with Gasteiger partial charge in [-0.25, -0.2) is 0 Å². The minimum Gasteiger partial charge on any atom is -0.494 e. The van der Waals surface area contributed by atoms with E-state index in [1.54, 1.807) is 0 Å². The maximum absolute atomic E-state index is 6.41. The summed E-state index contributed by atoms with van der Waals surface area (Å²) in [7, 11) is 0. The van der Waals surface area contributed by atoms with Gasteiger partial charge in [0.2, 0.25) is 0 Å². The number of benzene rings is 10. The molecule has 10 heteroatoms. The van der Waals surface area contributed by atoms with Crippen LogP contribution >= 0.6 is 79.6 Å². The fraction of sp³-hybridized carbons (Fsp3) is 0.231. The van der Waals surface area contributed by atoms with E-state index in [1.807, 2.05) is 0 Å². The van der Waals surface area contributed by atoms with E-state index >= 15 is 0 Å². The fourth-order valence-electron chi connectivity index (χ4n) is 10.8. The Morgan fingerprint density at radius 3 is 0.573 bits per heavy atom. The molecule has 0 heterocycles. The summed E-state index contributed by atoms with van der Waals surface area (Å²) in [5.74, 6) is 4.11. The van der Waals surface area contributed by atoms with Crippen LogP contribution in [0.15, 0.2) is 144 Å². The summed E-state index contributed by atoms with van der Waals surface area (Å²) < 4.78 is 36.8. The Morgan fingerprint density at radius 2 is 0.413 bits per heavy atom. The number of rotatable bonds is 20. The zero-order chi connectivity index (χ0) is 52.1. The van der Waals surface area contributed by atoms with Crippen molar-refractivity contribution in [2.75, 3.05) is 33.0 Å². The summed E-state index contributed by atoms with van der Waals surface area (Å²) >= 11 is 19.6. The molecular formula is C65H55Br5O5. The highest BCUT2D eigenvalue weighted by molar-refractivity contribution is 9.11. The minimum absolute atomic E-state index is 0.619. The third-order valence-corrected chi connectivity index (χ3v) is 16.1. The van der Waals surface area contributed by atoms with E-state index in [2.05, 4.69) is 236 Å². The zero-order valence-corrected chi connectivity index (χ0v) is 50.5. The molecule has 0 bridgehead atoms. The van der Waals surface area contributed by atoms with Gasteiger partial charge in [-0.2, -0.15) is 0 Å². The molecule has 11 aromatic rings. The van der Waals surface area contributed by atoms with Gasteiger partial charge in [0.1, 0.15) is 28.7 Å². The summed E-state index contributed by atoms with van der Waals surface area (Å²) in [6, 6.07) is 44.7. The summed E-state index contributed by atoms with van der Waals surface area (Å²) in [5.41, 5.74) is 10.8. The predicted molar refractivity (Wildman–Crippen MR) is 332 cm³/mol. The summed E-state index contributed by atoms with van der Waals surface area (Å²) in [5, 5.41) is 11.9. The molecule has 0 radical (unpaired) electrons. The molecule has 0 atom stereocenters. The van der Waals surface area contributed by atoms with Crippen molar-refractivity contribution in [3.05, 3.63) is 144 Å². The lowest BCUT2D eigenvalue weighted by atomic mass is 9.86. The first-order valence-corrected chi connectivity index (χ1v) is 30.0. The summed E-state index contributed by atoms with van der Waals surface area (Å²) in [6.07, 6.45) is 4.52. The molecule has 11 rings (SSSR count). The highest BCUT2D eigenvalue weighted by Crippen LogP contribution is 2.58. The van der Waals surface area contributed by atoms with Crippen molar-refractivity contribution < 1.29 is 23.7 Å². The lowest BCUT2D eigenvalue weighted by Crippen LogP contribution is -1.96. The molecule has 0 saturated carbocycles. The van der Waals surface area contributed by atoms with E-state index in [1.165, 1.54) is 26.9 Å². The molecule has 380 valence electrons. The van der Waals surface area contributed by atoms with Crippen molar-refractivity contribution in [1.82, 2.24) is 0 Å². The second-order valence-electron chi connectivity index (χ2n) is 19.4. The lowest BCUT2D eigenvalue weighted by molar-refractivity contribution is 0.317. The van der Waals surface area contributed by atoms with Gasteiger partial charge in [-0.1, -0.05) is 114 Å². The van der Waals surface area contributed by atoms with Gasteiger partial charge in [0, 0.05) is 22.4 Å². The Morgan fingerprint density at radius 1 is 0.240 bits per heavy atom. The van der Waals surface area contributed by atoms with Crippen molar-refractivity contribution in [1.29, 1.82) is 0 Å². The van der Waals surface area contributed by atoms with Crippen LogP contribution in [-0.2, 0) is 0 Å². The highest BCUT2D eigenvalue weighted by atomic mass is 79.9. The second kappa shape index (κ2) is 22.1. The molecule has 75 heavy (non-hydrogen) atoms. The summed E-state index contributed by atoms with van der Waals surface area (Å²) in [4.78, 5) is 0. The van der Waals surface area contributed by atoms with Gasteiger partial charge < -0.3 is 23.7 Å². The first kappa shape index (κ1) is 52.0. The van der Waals surface area contributed by atoms with Gasteiger partial charge in [0.05, 0.1) is 33.0 Å². The molecule has 5 nitrogen and oxygen atoms in total. The molecule has 0 fully saturated rings. The average Bonchev–Trinajstić information content (AvgIpc) is 3.86. The van der Waals surface area contributed by atoms with Crippen LogP contribution in [0.3, 0.4) is 0 Å². The van der Waals surface area contributed by atoms with Crippen molar-refractivity contribution >= 4 is 134 Å². The highest BCUT2D eigenvalue weighted by Gasteiger charge is 2.30. The molecule has 0 aliphatic heterocycles. The van der Waals surface area contributed by atoms with E-state index in [4.69, 9.17) is 23.7 Å². The van der Waals surface area contributed by atoms with Crippen LogP contribution in [0.5, 0.6) is 28.7 Å². The monoisotopic (exact) mass is 1310 g/mol. The first-order valence-electron chi connectivity index (χ1n) is 26.0. The minimum atomic E-state index is 0.619. The van der Waals surface area contributed by atoms with Gasteiger partial charge in [-0.15, -0.1) is 0 Å². The molecule has 0 spiro atoms. The smallest absolute Gasteiger partial charge is 0.121 e. The van der Waals surface area contributed by atoms with Crippen LogP contribution in [0.25, 0.3) is 109 Å². The van der Waals surface area contributed by atoms with E-state index < -0.39 is 0 Å². The molecule has 0 amide bonds. The molecule has 0 aromatic heterocycles. The Bertz CT molecular complexity index is 3290. The van der Waals surface area contributed by atoms with Crippen molar-refractivity contribution in [3.8, 4) is 84.4 Å². The molecule has 0 N–H and O–H groups in total. The van der Waals surface area contributed by atoms with Crippen LogP contribution < -0.4 is 23.7 Å². The van der Waals surface area contributed by atoms with Crippen LogP contribution in [0.1, 0.15) is 66.7 Å². The third-order valence-electron chi connectivity index (χ3n) is 13.8. The molecule has 11 aromatic carbocycles. The van der Waals surface area contributed by atoms with E-state index in [0.29, 0.717) is 33.0 Å². The second-order valence-corrected chi connectivity index (χ2v) is 23.9. The number of ether oxygens (including phenoxy) is 5. The van der Waals surface area contributed by atoms with Crippen LogP contribution in [0.2, 0.25) is 0 Å². The Labute approximate surface area is 480 Å². The SMILES string of the molecule is CCCOc1cc(Br)cc(-c2cc3c(-c4cc(Br)cc(OCCC)c4)cc4c(-c5cc(Br)cc(OCCC)c5)cc5c(-c6cc(Br)cc(OCCC)c6)cc6c(-c7cc(Br)cc(OCCC)c7)cc2c2c6c5c4c32)c1. The number of halogens is 5. The van der Waals surface area contributed by atoms with Crippen molar-refractivity contribution in [2.24, 2.45) is 0 Å². The van der Waals surface area contributed by atoms with Crippen LogP contribution in [0.4, 0.5) is 0 Å². The predicted octanol–water partition coefficient (Wildman–Crippen LogP) is 21.9. The zero-order valence-electron chi connectivity index (χ0n) is 42.5. The quantitative estimate of drug-likeness (QED) is 0.0712. The number of hydrogen-bond donors (Lipinski definition) is 0. The van der Waals surface area contributed by atoms with Gasteiger partial charge in [-0.3, -0.25) is 0 Å². The van der Waals surface area contributed by atoms with Crippen LogP contribution in [-0.4, -0.2) is 33.0 Å². The normalized spacial score (nSPS) is 11.9. The van der Waals surface area contributed by atoms with E-state index in [0.717, 1.165) is 166 Å². The molecule has 0 saturated heterocycles. The third kappa shape index (κ3) is 10.1. The Kier molecular flexibility index (Phi) is 15.3. The maximum Gasteiger partial charge on any atom is 0.121 e. The largest absolute Gasteiger partial charge is 0.494 e. The van der Waals surface area contributed by atoms with Gasteiger partial charge in [0.15, 0.2) is 0 Å². The molecule has 0 aliphatic carbocycles. The van der Waals surface area contributed by atoms with Gasteiger partial charge >= 0.3 is 0 Å². The standard InChI is InChI=1S/C65H55Br5O5/c1-6-11-71-46-21-36(16-41(66)26-46)51-31-57-53(38-18-43(68)28-48(23-38)73-13-8-3)33-59-55(40-20-45(70)30-50(25-40)75-15-10-5)35-60-54(39-19-44(69)29-49(24-39)74-14-9-4)34-58-52(37-17-42(67)27-47(22-37)72-12-7-2)32-56(51)61-62(57)64(59)65(60)63(58)61/h16-35H,6-15H2,1-5H3. The van der Waals surface area contributed by atoms with E-state index in [-0.39, 0.29) is 0 Å². The average molecular weight is 1320 g/mol. The first-order chi connectivity index (χ1) is 36.5. The molecule has 0 aliphatic rings. The van der Waals surface area contributed by atoms with Gasteiger partial charge in [-0.05, 0) is 263 Å². The fourth-order valence-corrected chi connectivity index (χ4v) is 13.2. The van der Waals surface area contributed by atoms with Gasteiger partial charge in [0.25, 0.3) is 0 Å². The van der Waals surface area contributed by atoms with E-state index in [9.17, 15) is 0 Å². The van der Waals surface area contributed by atoms with Crippen LogP contribution in [0, 0.1) is 0 Å². The van der Waals surface area contributed by atoms with Crippen molar-refractivity contribution in [3.63, 3.8) is 0 Å². The molecular weight excluding hydrogens is 1260 g/mol. The maximum atomic E-state index is 6.41. The van der Waals surface area contributed by atoms with Crippen molar-refractivity contribution in [2.45, 2.75) is 66.7 Å². The topological polar surface area (TPSA) is 46.2 Å². The number of hydrogen-bond acceptors (Lipinski definition) is 5. The molecule has 0 unspecified atom stereocenters. The summed E-state index contributed by atoms with van der Waals surface area (Å²) in [6.45, 7) is 13.8. The lowest BCUT2D eigenvalue weighted by Gasteiger charge is -2.19. The Balaban J connectivity index is 1.38. The Hall–Kier alpha value is -5.10.